The van der Waals surface area contributed by atoms with E-state index in [1.54, 1.807) is 0 Å². The fourth-order valence-corrected chi connectivity index (χ4v) is 3.38. The molecule has 1 aliphatic rings. The number of rotatable bonds is 3. The Morgan fingerprint density at radius 3 is 2.89 bits per heavy atom. The van der Waals surface area contributed by atoms with E-state index in [1.165, 1.54) is 10.5 Å². The lowest BCUT2D eigenvalue weighted by atomic mass is 10.0. The lowest BCUT2D eigenvalue weighted by Gasteiger charge is -2.25. The Balaban J connectivity index is 2.07. The zero-order valence-corrected chi connectivity index (χ0v) is 12.5. The summed E-state index contributed by atoms with van der Waals surface area (Å²) in [6, 6.07) is 7.94. The van der Waals surface area contributed by atoms with Crippen molar-refractivity contribution in [3.8, 4) is 0 Å². The highest BCUT2D eigenvalue weighted by atomic mass is 32.2. The van der Waals surface area contributed by atoms with Crippen molar-refractivity contribution in [2.45, 2.75) is 37.8 Å². The zero-order chi connectivity index (χ0) is 13.8. The Morgan fingerprint density at radius 1 is 1.42 bits per heavy atom. The number of nitrogens with zero attached hydrogens (tertiary/aromatic N) is 1. The van der Waals surface area contributed by atoms with Crippen molar-refractivity contribution < 1.29 is 4.79 Å². The summed E-state index contributed by atoms with van der Waals surface area (Å²) < 4.78 is 0. The van der Waals surface area contributed by atoms with Gasteiger partial charge in [0.05, 0.1) is 6.04 Å². The van der Waals surface area contributed by atoms with E-state index in [0.29, 0.717) is 12.5 Å². The summed E-state index contributed by atoms with van der Waals surface area (Å²) in [6.45, 7) is 5.67. The average molecular weight is 278 g/mol. The van der Waals surface area contributed by atoms with Gasteiger partial charge in [-0.1, -0.05) is 32.0 Å². The summed E-state index contributed by atoms with van der Waals surface area (Å²) in [4.78, 5) is 15.6. The van der Waals surface area contributed by atoms with Gasteiger partial charge in [0.25, 0.3) is 0 Å². The quantitative estimate of drug-likeness (QED) is 0.924. The fourth-order valence-electron chi connectivity index (χ4n) is 2.36. The molecule has 19 heavy (non-hydrogen) atoms. The summed E-state index contributed by atoms with van der Waals surface area (Å²) in [5.41, 5.74) is 7.25. The van der Waals surface area contributed by atoms with E-state index >= 15 is 0 Å². The molecule has 0 aromatic heterocycles. The van der Waals surface area contributed by atoms with Crippen LogP contribution in [-0.4, -0.2) is 29.1 Å². The molecule has 0 aliphatic carbocycles. The molecule has 0 saturated heterocycles. The second-order valence-corrected chi connectivity index (χ2v) is 6.59. The Bertz CT molecular complexity index is 448. The molecular weight excluding hydrogens is 256 g/mol. The zero-order valence-electron chi connectivity index (χ0n) is 11.6. The fraction of sp³-hybridized carbons (Fsp3) is 0.533. The average Bonchev–Trinajstić information content (AvgIpc) is 2.58. The largest absolute Gasteiger partial charge is 0.336 e. The molecule has 2 rings (SSSR count). The smallest absolute Gasteiger partial charge is 0.239 e. The molecular formula is C15H22N2OS. The van der Waals surface area contributed by atoms with Crippen molar-refractivity contribution in [1.29, 1.82) is 0 Å². The van der Waals surface area contributed by atoms with Gasteiger partial charge in [0, 0.05) is 23.7 Å². The molecule has 3 nitrogen and oxygen atoms in total. The van der Waals surface area contributed by atoms with Gasteiger partial charge in [0.2, 0.25) is 5.91 Å². The van der Waals surface area contributed by atoms with Crippen LogP contribution in [-0.2, 0) is 11.3 Å². The maximum atomic E-state index is 12.4. The van der Waals surface area contributed by atoms with E-state index in [4.69, 9.17) is 5.73 Å². The minimum absolute atomic E-state index is 0.0889. The van der Waals surface area contributed by atoms with Gasteiger partial charge < -0.3 is 10.6 Å². The molecule has 4 heteroatoms. The van der Waals surface area contributed by atoms with Gasteiger partial charge in [0.1, 0.15) is 0 Å². The van der Waals surface area contributed by atoms with E-state index < -0.39 is 0 Å². The van der Waals surface area contributed by atoms with Crippen LogP contribution in [0.25, 0.3) is 0 Å². The molecule has 1 aliphatic heterocycles. The molecule has 0 spiro atoms. The Labute approximate surface area is 119 Å². The van der Waals surface area contributed by atoms with E-state index in [0.717, 1.165) is 18.7 Å². The van der Waals surface area contributed by atoms with Crippen molar-refractivity contribution in [3.63, 3.8) is 0 Å². The number of hydrogen-bond acceptors (Lipinski definition) is 3. The number of amides is 1. The number of carbonyl (C=O) groups excluding carboxylic acids is 1. The van der Waals surface area contributed by atoms with Crippen LogP contribution >= 0.6 is 11.8 Å². The number of benzene rings is 1. The third kappa shape index (κ3) is 3.74. The number of nitrogens with two attached hydrogens (primary N) is 1. The monoisotopic (exact) mass is 278 g/mol. The van der Waals surface area contributed by atoms with E-state index in [2.05, 4.69) is 26.0 Å². The Hall–Kier alpha value is -1.00. The summed E-state index contributed by atoms with van der Waals surface area (Å²) in [7, 11) is 0. The Kier molecular flexibility index (Phi) is 4.88. The molecule has 0 radical (unpaired) electrons. The minimum Gasteiger partial charge on any atom is -0.336 e. The van der Waals surface area contributed by atoms with Crippen molar-refractivity contribution in [2.24, 2.45) is 11.7 Å². The maximum Gasteiger partial charge on any atom is 0.239 e. The maximum absolute atomic E-state index is 12.4. The summed E-state index contributed by atoms with van der Waals surface area (Å²) in [6.07, 6.45) is 0.754. The lowest BCUT2D eigenvalue weighted by molar-refractivity contribution is -0.133. The van der Waals surface area contributed by atoms with Crippen LogP contribution < -0.4 is 5.73 Å². The summed E-state index contributed by atoms with van der Waals surface area (Å²) >= 11 is 1.82. The van der Waals surface area contributed by atoms with E-state index in [-0.39, 0.29) is 11.9 Å². The molecule has 1 heterocycles. The lowest BCUT2D eigenvalue weighted by Crippen LogP contribution is -2.44. The van der Waals surface area contributed by atoms with Crippen LogP contribution in [0.5, 0.6) is 0 Å². The number of carbonyl (C=O) groups is 1. The molecule has 0 bridgehead atoms. The predicted octanol–water partition coefficient (Wildman–Crippen LogP) is 2.49. The molecule has 1 amide bonds. The standard InChI is InChI=1S/C15H22N2OS/c1-11(2)9-13(16)15(18)17-7-8-19-14-6-4-3-5-12(14)10-17/h3-6,11,13H,7-10,16H2,1-2H3/t13-/m0/s1. The number of hydrogen-bond donors (Lipinski definition) is 1. The number of fused-ring (bicyclic) bond motifs is 1. The number of thioether (sulfide) groups is 1. The SMILES string of the molecule is CC(C)C[C@H](N)C(=O)N1CCSc2ccccc2C1. The van der Waals surface area contributed by atoms with Crippen LogP contribution in [0.2, 0.25) is 0 Å². The summed E-state index contributed by atoms with van der Waals surface area (Å²) in [5.74, 6) is 1.48. The van der Waals surface area contributed by atoms with Gasteiger partial charge in [-0.3, -0.25) is 4.79 Å². The van der Waals surface area contributed by atoms with Crippen LogP contribution in [0.3, 0.4) is 0 Å². The first-order valence-corrected chi connectivity index (χ1v) is 7.81. The van der Waals surface area contributed by atoms with Gasteiger partial charge in [-0.15, -0.1) is 11.8 Å². The normalized spacial score (nSPS) is 16.9. The first-order chi connectivity index (χ1) is 9.08. The van der Waals surface area contributed by atoms with Crippen molar-refractivity contribution in [1.82, 2.24) is 4.90 Å². The van der Waals surface area contributed by atoms with Crippen molar-refractivity contribution in [3.05, 3.63) is 29.8 Å². The van der Waals surface area contributed by atoms with Crippen molar-refractivity contribution >= 4 is 17.7 Å². The van der Waals surface area contributed by atoms with E-state index in [9.17, 15) is 4.79 Å². The molecule has 1 aromatic rings. The first-order valence-electron chi connectivity index (χ1n) is 6.83. The van der Waals surface area contributed by atoms with Crippen molar-refractivity contribution in [2.75, 3.05) is 12.3 Å². The van der Waals surface area contributed by atoms with Gasteiger partial charge in [-0.25, -0.2) is 0 Å². The second-order valence-electron chi connectivity index (χ2n) is 5.45. The second kappa shape index (κ2) is 6.44. The molecule has 0 fully saturated rings. The highest BCUT2D eigenvalue weighted by Crippen LogP contribution is 2.27. The van der Waals surface area contributed by atoms with Gasteiger partial charge >= 0.3 is 0 Å². The summed E-state index contributed by atoms with van der Waals surface area (Å²) in [5, 5.41) is 0. The molecule has 104 valence electrons. The van der Waals surface area contributed by atoms with Crippen LogP contribution in [0.1, 0.15) is 25.8 Å². The molecule has 1 atom stereocenters. The van der Waals surface area contributed by atoms with Gasteiger partial charge in [-0.2, -0.15) is 0 Å². The van der Waals surface area contributed by atoms with Gasteiger partial charge in [-0.05, 0) is 24.0 Å². The van der Waals surface area contributed by atoms with Crippen LogP contribution in [0, 0.1) is 5.92 Å². The molecule has 2 N–H and O–H groups in total. The van der Waals surface area contributed by atoms with E-state index in [1.807, 2.05) is 28.8 Å². The van der Waals surface area contributed by atoms with Crippen LogP contribution in [0.15, 0.2) is 29.2 Å². The van der Waals surface area contributed by atoms with Crippen LogP contribution in [0.4, 0.5) is 0 Å². The Morgan fingerprint density at radius 2 is 2.16 bits per heavy atom. The van der Waals surface area contributed by atoms with Gasteiger partial charge in [0.15, 0.2) is 0 Å². The molecule has 0 saturated carbocycles. The molecule has 0 unspecified atom stereocenters. The topological polar surface area (TPSA) is 46.3 Å². The third-order valence-corrected chi connectivity index (χ3v) is 4.40. The first kappa shape index (κ1) is 14.4. The third-order valence-electron chi connectivity index (χ3n) is 3.31. The minimum atomic E-state index is -0.365. The molecule has 1 aromatic carbocycles. The predicted molar refractivity (Wildman–Crippen MR) is 80.0 cm³/mol. The highest BCUT2D eigenvalue weighted by Gasteiger charge is 2.24. The highest BCUT2D eigenvalue weighted by molar-refractivity contribution is 7.99.